The molecule has 0 saturated heterocycles. The monoisotopic (exact) mass is 502 g/mol. The van der Waals surface area contributed by atoms with E-state index in [-0.39, 0.29) is 24.4 Å². The van der Waals surface area contributed by atoms with Gasteiger partial charge in [0.05, 0.1) is 16.6 Å². The van der Waals surface area contributed by atoms with Gasteiger partial charge in [-0.05, 0) is 56.2 Å². The van der Waals surface area contributed by atoms with E-state index in [4.69, 9.17) is 23.2 Å². The van der Waals surface area contributed by atoms with Crippen LogP contribution in [0.4, 0.5) is 0 Å². The van der Waals surface area contributed by atoms with Crippen LogP contribution >= 0.6 is 34.5 Å². The van der Waals surface area contributed by atoms with E-state index >= 15 is 0 Å². The molecule has 0 N–H and O–H groups in total. The first-order chi connectivity index (χ1) is 15.8. The number of benzene rings is 2. The van der Waals surface area contributed by atoms with Gasteiger partial charge in [-0.2, -0.15) is 0 Å². The highest BCUT2D eigenvalue weighted by Gasteiger charge is 2.26. The van der Waals surface area contributed by atoms with Crippen molar-refractivity contribution >= 4 is 46.4 Å². The van der Waals surface area contributed by atoms with Crippen molar-refractivity contribution in [2.45, 2.75) is 46.3 Å². The average molecular weight is 503 g/mol. The SMILES string of the molecule is CCC(C)N(CC(=O)N(Cc1ccccc1)Cc1ccc(C)s1)C(=O)c1ccc(Cl)c(Cl)c1. The minimum atomic E-state index is -0.233. The molecule has 1 unspecified atom stereocenters. The van der Waals surface area contributed by atoms with Crippen LogP contribution in [0.25, 0.3) is 0 Å². The van der Waals surface area contributed by atoms with Crippen LogP contribution in [-0.2, 0) is 17.9 Å². The second kappa shape index (κ2) is 11.7. The zero-order valence-electron chi connectivity index (χ0n) is 19.1. The Labute approximate surface area is 209 Å². The number of nitrogens with zero attached hydrogens (tertiary/aromatic N) is 2. The highest BCUT2D eigenvalue weighted by Crippen LogP contribution is 2.24. The van der Waals surface area contributed by atoms with Crippen molar-refractivity contribution < 1.29 is 9.59 Å². The number of hydrogen-bond acceptors (Lipinski definition) is 3. The standard InChI is InChI=1S/C26H28Cl2N2O2S/c1-4-18(2)30(26(32)21-11-13-23(27)24(28)14-21)17-25(31)29(15-20-8-6-5-7-9-20)16-22-12-10-19(3)33-22/h5-14,18H,4,15-17H2,1-3H3. The number of carbonyl (C=O) groups is 2. The fourth-order valence-electron chi connectivity index (χ4n) is 3.48. The zero-order chi connectivity index (χ0) is 24.0. The largest absolute Gasteiger partial charge is 0.332 e. The smallest absolute Gasteiger partial charge is 0.254 e. The molecular weight excluding hydrogens is 475 g/mol. The highest BCUT2D eigenvalue weighted by atomic mass is 35.5. The van der Waals surface area contributed by atoms with E-state index in [2.05, 4.69) is 19.1 Å². The molecule has 3 aromatic rings. The summed E-state index contributed by atoms with van der Waals surface area (Å²) in [6, 6.07) is 18.7. The van der Waals surface area contributed by atoms with Gasteiger partial charge in [0.25, 0.3) is 5.91 Å². The molecule has 174 valence electrons. The Kier molecular flexibility index (Phi) is 8.95. The quantitative estimate of drug-likeness (QED) is 0.321. The summed E-state index contributed by atoms with van der Waals surface area (Å²) in [7, 11) is 0. The van der Waals surface area contributed by atoms with E-state index in [1.54, 1.807) is 34.4 Å². The zero-order valence-corrected chi connectivity index (χ0v) is 21.4. The van der Waals surface area contributed by atoms with Gasteiger partial charge in [0, 0.05) is 27.9 Å². The molecule has 0 saturated carbocycles. The van der Waals surface area contributed by atoms with E-state index in [0.29, 0.717) is 28.7 Å². The lowest BCUT2D eigenvalue weighted by atomic mass is 10.1. The Morgan fingerprint density at radius 1 is 0.970 bits per heavy atom. The molecule has 0 bridgehead atoms. The molecule has 4 nitrogen and oxygen atoms in total. The van der Waals surface area contributed by atoms with Gasteiger partial charge in [0.15, 0.2) is 0 Å². The van der Waals surface area contributed by atoms with Gasteiger partial charge in [0.2, 0.25) is 5.91 Å². The number of thiophene rings is 1. The lowest BCUT2D eigenvalue weighted by Crippen LogP contribution is -2.46. The summed E-state index contributed by atoms with van der Waals surface area (Å²) >= 11 is 13.8. The number of amides is 2. The molecule has 7 heteroatoms. The third-order valence-electron chi connectivity index (χ3n) is 5.57. The number of carbonyl (C=O) groups excluding carboxylic acids is 2. The van der Waals surface area contributed by atoms with Crippen molar-refractivity contribution in [1.82, 2.24) is 9.80 Å². The number of rotatable bonds is 9. The molecular formula is C26H28Cl2N2O2S. The van der Waals surface area contributed by atoms with Gasteiger partial charge in [-0.15, -0.1) is 11.3 Å². The fourth-order valence-corrected chi connectivity index (χ4v) is 4.69. The molecule has 0 radical (unpaired) electrons. The average Bonchev–Trinajstić information content (AvgIpc) is 3.23. The summed E-state index contributed by atoms with van der Waals surface area (Å²) < 4.78 is 0. The lowest BCUT2D eigenvalue weighted by molar-refractivity contribution is -0.133. The first kappa shape index (κ1) is 25.3. The van der Waals surface area contributed by atoms with Crippen molar-refractivity contribution in [1.29, 1.82) is 0 Å². The summed E-state index contributed by atoms with van der Waals surface area (Å²) in [6.45, 7) is 6.98. The lowest BCUT2D eigenvalue weighted by Gasteiger charge is -2.31. The summed E-state index contributed by atoms with van der Waals surface area (Å²) in [5, 5.41) is 0.705. The molecule has 33 heavy (non-hydrogen) atoms. The van der Waals surface area contributed by atoms with Gasteiger partial charge in [0.1, 0.15) is 6.54 Å². The predicted octanol–water partition coefficient (Wildman–Crippen LogP) is 6.83. The minimum absolute atomic E-state index is 0.00865. The molecule has 0 aliphatic carbocycles. The minimum Gasteiger partial charge on any atom is -0.332 e. The summed E-state index contributed by atoms with van der Waals surface area (Å²) in [6.07, 6.45) is 0.725. The van der Waals surface area contributed by atoms with Gasteiger partial charge in [-0.1, -0.05) is 60.5 Å². The van der Waals surface area contributed by atoms with Crippen LogP contribution in [0.2, 0.25) is 10.0 Å². The molecule has 1 aromatic heterocycles. The van der Waals surface area contributed by atoms with Crippen LogP contribution in [0.15, 0.2) is 60.7 Å². The number of hydrogen-bond donors (Lipinski definition) is 0. The Bertz CT molecular complexity index is 1100. The molecule has 0 spiro atoms. The van der Waals surface area contributed by atoms with Gasteiger partial charge >= 0.3 is 0 Å². The van der Waals surface area contributed by atoms with Crippen LogP contribution < -0.4 is 0 Å². The van der Waals surface area contributed by atoms with Gasteiger partial charge < -0.3 is 9.80 Å². The van der Waals surface area contributed by atoms with Gasteiger partial charge in [-0.3, -0.25) is 9.59 Å². The predicted molar refractivity (Wildman–Crippen MR) is 137 cm³/mol. The van der Waals surface area contributed by atoms with Crippen molar-refractivity contribution in [3.63, 3.8) is 0 Å². The van der Waals surface area contributed by atoms with Crippen LogP contribution in [0, 0.1) is 6.92 Å². The molecule has 1 heterocycles. The summed E-state index contributed by atoms with van der Waals surface area (Å²) in [5.41, 5.74) is 1.46. The summed E-state index contributed by atoms with van der Waals surface area (Å²) in [4.78, 5) is 32.6. The van der Waals surface area contributed by atoms with Crippen molar-refractivity contribution in [2.75, 3.05) is 6.54 Å². The molecule has 2 aromatic carbocycles. The van der Waals surface area contributed by atoms with Crippen molar-refractivity contribution in [2.24, 2.45) is 0 Å². The van der Waals surface area contributed by atoms with E-state index in [1.165, 1.54) is 4.88 Å². The van der Waals surface area contributed by atoms with Crippen LogP contribution in [-0.4, -0.2) is 34.2 Å². The van der Waals surface area contributed by atoms with Crippen molar-refractivity contribution in [3.05, 3.63) is 91.6 Å². The van der Waals surface area contributed by atoms with E-state index in [1.807, 2.05) is 49.1 Å². The first-order valence-electron chi connectivity index (χ1n) is 10.9. The summed E-state index contributed by atoms with van der Waals surface area (Å²) in [5.74, 6) is -0.332. The van der Waals surface area contributed by atoms with Gasteiger partial charge in [-0.25, -0.2) is 0 Å². The maximum atomic E-state index is 13.5. The topological polar surface area (TPSA) is 40.6 Å². The molecule has 3 rings (SSSR count). The fraction of sp³-hybridized carbons (Fsp3) is 0.308. The van der Waals surface area contributed by atoms with Crippen LogP contribution in [0.3, 0.4) is 0 Å². The molecule has 1 atom stereocenters. The second-order valence-electron chi connectivity index (χ2n) is 8.07. The normalized spacial score (nSPS) is 11.8. The third kappa shape index (κ3) is 6.83. The van der Waals surface area contributed by atoms with Crippen molar-refractivity contribution in [3.8, 4) is 0 Å². The molecule has 0 fully saturated rings. The number of aryl methyl sites for hydroxylation is 1. The Morgan fingerprint density at radius 3 is 2.30 bits per heavy atom. The van der Waals surface area contributed by atoms with E-state index < -0.39 is 0 Å². The Balaban J connectivity index is 1.85. The van der Waals surface area contributed by atoms with E-state index in [9.17, 15) is 9.59 Å². The number of halogens is 2. The first-order valence-corrected chi connectivity index (χ1v) is 12.5. The molecule has 0 aliphatic heterocycles. The second-order valence-corrected chi connectivity index (χ2v) is 10.3. The van der Waals surface area contributed by atoms with Crippen LogP contribution in [0.1, 0.15) is 45.9 Å². The van der Waals surface area contributed by atoms with E-state index in [0.717, 1.165) is 16.9 Å². The van der Waals surface area contributed by atoms with Crippen LogP contribution in [0.5, 0.6) is 0 Å². The Morgan fingerprint density at radius 2 is 1.70 bits per heavy atom. The third-order valence-corrected chi connectivity index (χ3v) is 7.29. The highest BCUT2D eigenvalue weighted by molar-refractivity contribution is 7.11. The molecule has 2 amide bonds. The molecule has 0 aliphatic rings. The Hall–Kier alpha value is -2.34. The maximum Gasteiger partial charge on any atom is 0.254 e. The maximum absolute atomic E-state index is 13.5.